The number of rotatable bonds is 3. The van der Waals surface area contributed by atoms with Crippen LogP contribution in [0.4, 0.5) is 0 Å². The second-order valence-corrected chi connectivity index (χ2v) is 8.77. The molecule has 1 aliphatic carbocycles. The van der Waals surface area contributed by atoms with Gasteiger partial charge in [0.05, 0.1) is 0 Å². The van der Waals surface area contributed by atoms with Gasteiger partial charge in [-0.25, -0.2) is 8.42 Å². The third-order valence-corrected chi connectivity index (χ3v) is 6.90. The quantitative estimate of drug-likeness (QED) is 0.812. The average Bonchev–Trinajstić information content (AvgIpc) is 2.41. The molecule has 0 aromatic heterocycles. The summed E-state index contributed by atoms with van der Waals surface area (Å²) in [6, 6.07) is 0.146. The van der Waals surface area contributed by atoms with E-state index < -0.39 is 14.6 Å². The van der Waals surface area contributed by atoms with Gasteiger partial charge in [-0.05, 0) is 57.5 Å². The fraction of sp³-hybridized carbons (Fsp3) is 0.929. The van der Waals surface area contributed by atoms with E-state index in [1.54, 1.807) is 0 Å². The van der Waals surface area contributed by atoms with Crippen molar-refractivity contribution in [2.24, 2.45) is 5.92 Å². The van der Waals surface area contributed by atoms with E-state index in [0.717, 1.165) is 25.7 Å². The highest BCUT2D eigenvalue weighted by atomic mass is 35.5. The number of halogens is 1. The van der Waals surface area contributed by atoms with E-state index in [-0.39, 0.29) is 24.4 Å². The monoisotopic (exact) mass is 338 g/mol. The predicted octanol–water partition coefficient (Wildman–Crippen LogP) is 1.27. The number of carbonyl (C=O) groups excluding carboxylic acids is 1. The molecule has 2 N–H and O–H groups in total. The summed E-state index contributed by atoms with van der Waals surface area (Å²) in [4.78, 5) is 12.6. The number of amides is 1. The second-order valence-electron chi connectivity index (χ2n) is 6.45. The summed E-state index contributed by atoms with van der Waals surface area (Å²) in [5, 5.41) is 6.14. The predicted molar refractivity (Wildman–Crippen MR) is 86.5 cm³/mol. The van der Waals surface area contributed by atoms with Crippen LogP contribution in [0.15, 0.2) is 0 Å². The van der Waals surface area contributed by atoms with Crippen LogP contribution in [0.1, 0.15) is 45.4 Å². The third-order valence-electron chi connectivity index (χ3n) is 4.89. The summed E-state index contributed by atoms with van der Waals surface area (Å²) in [5.41, 5.74) is 0. The molecule has 0 spiro atoms. The maximum absolute atomic E-state index is 12.6. The van der Waals surface area contributed by atoms with Crippen molar-refractivity contribution in [3.63, 3.8) is 0 Å². The summed E-state index contributed by atoms with van der Waals surface area (Å²) < 4.78 is 23.1. The van der Waals surface area contributed by atoms with Gasteiger partial charge in [0.25, 0.3) is 0 Å². The molecule has 0 radical (unpaired) electrons. The van der Waals surface area contributed by atoms with Crippen molar-refractivity contribution in [2.75, 3.05) is 19.3 Å². The fourth-order valence-electron chi connectivity index (χ4n) is 3.32. The Hall–Kier alpha value is -0.330. The molecule has 0 unspecified atom stereocenters. The highest BCUT2D eigenvalue weighted by Crippen LogP contribution is 2.30. The van der Waals surface area contributed by atoms with Crippen molar-refractivity contribution in [1.82, 2.24) is 10.6 Å². The summed E-state index contributed by atoms with van der Waals surface area (Å²) in [6.07, 6.45) is 6.09. The Balaban J connectivity index is 0.00000220. The van der Waals surface area contributed by atoms with E-state index in [4.69, 9.17) is 0 Å². The molecule has 0 aromatic rings. The molecule has 1 aliphatic heterocycles. The topological polar surface area (TPSA) is 75.3 Å². The zero-order chi connectivity index (χ0) is 14.8. The first-order valence-electron chi connectivity index (χ1n) is 7.56. The summed E-state index contributed by atoms with van der Waals surface area (Å²) in [5.74, 6) is 0.437. The first kappa shape index (κ1) is 18.7. The summed E-state index contributed by atoms with van der Waals surface area (Å²) >= 11 is 0. The SMILES string of the molecule is CC1CCC(NC(=O)C2(S(C)(=O)=O)CCNCC2)CC1.Cl. The van der Waals surface area contributed by atoms with Crippen molar-refractivity contribution in [1.29, 1.82) is 0 Å². The fourth-order valence-corrected chi connectivity index (χ4v) is 4.66. The van der Waals surface area contributed by atoms with Crippen LogP contribution >= 0.6 is 12.4 Å². The van der Waals surface area contributed by atoms with Crippen LogP contribution in [-0.2, 0) is 14.6 Å². The molecule has 2 aliphatic rings. The molecule has 1 heterocycles. The molecule has 1 saturated heterocycles. The van der Waals surface area contributed by atoms with Gasteiger partial charge in [-0.2, -0.15) is 0 Å². The molecule has 5 nitrogen and oxygen atoms in total. The van der Waals surface area contributed by atoms with E-state index in [1.807, 2.05) is 0 Å². The van der Waals surface area contributed by atoms with Gasteiger partial charge in [0.2, 0.25) is 5.91 Å². The second kappa shape index (κ2) is 7.29. The minimum absolute atomic E-state index is 0. The number of hydrogen-bond donors (Lipinski definition) is 2. The maximum Gasteiger partial charge on any atom is 0.241 e. The summed E-state index contributed by atoms with van der Waals surface area (Å²) in [6.45, 7) is 3.40. The molecule has 1 amide bonds. The molecule has 7 heteroatoms. The van der Waals surface area contributed by atoms with E-state index in [1.165, 1.54) is 6.26 Å². The molecule has 0 aromatic carbocycles. The highest BCUT2D eigenvalue weighted by Gasteiger charge is 2.49. The van der Waals surface area contributed by atoms with Crippen molar-refractivity contribution >= 4 is 28.2 Å². The molecular formula is C14H27ClN2O3S. The van der Waals surface area contributed by atoms with Crippen molar-refractivity contribution < 1.29 is 13.2 Å². The van der Waals surface area contributed by atoms with Crippen LogP contribution in [0, 0.1) is 5.92 Å². The van der Waals surface area contributed by atoms with Gasteiger partial charge in [0.15, 0.2) is 14.6 Å². The Kier molecular flexibility index (Phi) is 6.50. The average molecular weight is 339 g/mol. The van der Waals surface area contributed by atoms with E-state index in [9.17, 15) is 13.2 Å². The molecule has 2 rings (SSSR count). The normalized spacial score (nSPS) is 29.2. The van der Waals surface area contributed by atoms with Gasteiger partial charge in [-0.15, -0.1) is 12.4 Å². The molecule has 21 heavy (non-hydrogen) atoms. The molecular weight excluding hydrogens is 312 g/mol. The first-order chi connectivity index (χ1) is 9.35. The minimum Gasteiger partial charge on any atom is -0.352 e. The van der Waals surface area contributed by atoms with Crippen LogP contribution in [0.25, 0.3) is 0 Å². The Morgan fingerprint density at radius 3 is 2.14 bits per heavy atom. The standard InChI is InChI=1S/C14H26N2O3S.ClH/c1-11-3-5-12(6-4-11)16-13(17)14(20(2,18)19)7-9-15-10-8-14;/h11-12,15H,3-10H2,1-2H3,(H,16,17);1H. The van der Waals surface area contributed by atoms with Crippen molar-refractivity contribution in [2.45, 2.75) is 56.2 Å². The number of nitrogens with one attached hydrogen (secondary N) is 2. The van der Waals surface area contributed by atoms with Gasteiger partial charge in [-0.1, -0.05) is 6.92 Å². The zero-order valence-electron chi connectivity index (χ0n) is 12.9. The largest absolute Gasteiger partial charge is 0.352 e. The Morgan fingerprint density at radius 2 is 1.67 bits per heavy atom. The molecule has 0 bridgehead atoms. The molecule has 124 valence electrons. The van der Waals surface area contributed by atoms with Gasteiger partial charge in [-0.3, -0.25) is 4.79 Å². The minimum atomic E-state index is -3.40. The lowest BCUT2D eigenvalue weighted by molar-refractivity contribution is -0.125. The van der Waals surface area contributed by atoms with Crippen LogP contribution in [0.2, 0.25) is 0 Å². The van der Waals surface area contributed by atoms with E-state index in [2.05, 4.69) is 17.6 Å². The van der Waals surface area contributed by atoms with Crippen LogP contribution in [0.5, 0.6) is 0 Å². The van der Waals surface area contributed by atoms with Gasteiger partial charge in [0, 0.05) is 12.3 Å². The Morgan fingerprint density at radius 1 is 1.14 bits per heavy atom. The number of sulfone groups is 1. The van der Waals surface area contributed by atoms with Crippen molar-refractivity contribution in [3.8, 4) is 0 Å². The maximum atomic E-state index is 12.6. The van der Waals surface area contributed by atoms with Crippen LogP contribution < -0.4 is 10.6 Å². The van der Waals surface area contributed by atoms with Crippen LogP contribution in [0.3, 0.4) is 0 Å². The van der Waals surface area contributed by atoms with Gasteiger partial charge < -0.3 is 10.6 Å². The van der Waals surface area contributed by atoms with Crippen LogP contribution in [-0.4, -0.2) is 44.5 Å². The van der Waals surface area contributed by atoms with Crippen molar-refractivity contribution in [3.05, 3.63) is 0 Å². The van der Waals surface area contributed by atoms with E-state index >= 15 is 0 Å². The summed E-state index contributed by atoms with van der Waals surface area (Å²) in [7, 11) is -3.40. The number of carbonyl (C=O) groups is 1. The molecule has 2 fully saturated rings. The number of hydrogen-bond acceptors (Lipinski definition) is 4. The Bertz CT molecular complexity index is 453. The highest BCUT2D eigenvalue weighted by molar-refractivity contribution is 7.92. The zero-order valence-corrected chi connectivity index (χ0v) is 14.5. The van der Waals surface area contributed by atoms with Gasteiger partial charge >= 0.3 is 0 Å². The third kappa shape index (κ3) is 4.11. The smallest absolute Gasteiger partial charge is 0.241 e. The lowest BCUT2D eigenvalue weighted by atomic mass is 9.86. The van der Waals surface area contributed by atoms with E-state index in [0.29, 0.717) is 31.8 Å². The lowest BCUT2D eigenvalue weighted by Gasteiger charge is -2.36. The Labute approximate surface area is 134 Å². The number of piperidine rings is 1. The lowest BCUT2D eigenvalue weighted by Crippen LogP contribution is -2.59. The van der Waals surface area contributed by atoms with Gasteiger partial charge in [0.1, 0.15) is 0 Å². The molecule has 1 saturated carbocycles. The first-order valence-corrected chi connectivity index (χ1v) is 9.45. The molecule has 0 atom stereocenters.